The number of rotatable bonds is 4. The fourth-order valence-corrected chi connectivity index (χ4v) is 4.02. The second-order valence-corrected chi connectivity index (χ2v) is 6.66. The molecular formula is C16H22N6O3. The first-order valence-corrected chi connectivity index (χ1v) is 8.42. The minimum Gasteiger partial charge on any atom is -0.481 e. The van der Waals surface area contributed by atoms with E-state index in [1.807, 2.05) is 6.07 Å². The normalized spacial score (nSPS) is 28.7. The number of hydrogen-bond acceptors (Lipinski definition) is 8. The number of anilines is 1. The van der Waals surface area contributed by atoms with Crippen LogP contribution in [0.25, 0.3) is 0 Å². The first kappa shape index (κ1) is 16.1. The number of aliphatic hydroxyl groups is 1. The van der Waals surface area contributed by atoms with E-state index in [0.29, 0.717) is 23.7 Å². The third-order valence-corrected chi connectivity index (χ3v) is 5.27. The van der Waals surface area contributed by atoms with E-state index in [2.05, 4.69) is 25.0 Å². The third-order valence-electron chi connectivity index (χ3n) is 5.27. The molecule has 0 radical (unpaired) electrons. The molecule has 4 atom stereocenters. The maximum atomic E-state index is 10.5. The standard InChI is InChI=1S/C16H22N6O3/c1-24-15-5-14(19-16(20-15)25-2)21-6-10-3-12(22-9-17-8-18-22)13(23)4-11(10)7-21/h5,8-13,23H,3-4,6-7H2,1-2H3/t10-,11+,12-,13-/m1/s1. The van der Waals surface area contributed by atoms with Crippen LogP contribution in [0.2, 0.25) is 0 Å². The zero-order valence-corrected chi connectivity index (χ0v) is 14.3. The highest BCUT2D eigenvalue weighted by Crippen LogP contribution is 2.42. The Kier molecular flexibility index (Phi) is 4.16. The quantitative estimate of drug-likeness (QED) is 0.856. The lowest BCUT2D eigenvalue weighted by Crippen LogP contribution is -2.36. The van der Waals surface area contributed by atoms with Crippen molar-refractivity contribution in [2.45, 2.75) is 25.0 Å². The van der Waals surface area contributed by atoms with Crippen LogP contribution in [-0.2, 0) is 0 Å². The number of fused-ring (bicyclic) bond motifs is 1. The van der Waals surface area contributed by atoms with E-state index >= 15 is 0 Å². The molecule has 2 aliphatic rings. The van der Waals surface area contributed by atoms with Crippen LogP contribution in [0.1, 0.15) is 18.9 Å². The Balaban J connectivity index is 1.53. The lowest BCUT2D eigenvalue weighted by Gasteiger charge is -2.34. The van der Waals surface area contributed by atoms with Gasteiger partial charge in [0.2, 0.25) is 5.88 Å². The number of aromatic nitrogens is 5. The van der Waals surface area contributed by atoms with Crippen molar-refractivity contribution in [3.8, 4) is 11.9 Å². The molecule has 0 spiro atoms. The third kappa shape index (κ3) is 2.99. The van der Waals surface area contributed by atoms with Gasteiger partial charge >= 0.3 is 6.01 Å². The largest absolute Gasteiger partial charge is 0.481 e. The molecule has 9 heteroatoms. The average Bonchev–Trinajstić information content (AvgIpc) is 3.29. The molecule has 1 aliphatic heterocycles. The Bertz CT molecular complexity index is 702. The van der Waals surface area contributed by atoms with Crippen molar-refractivity contribution in [1.29, 1.82) is 0 Å². The van der Waals surface area contributed by atoms with Crippen molar-refractivity contribution in [3.63, 3.8) is 0 Å². The minimum atomic E-state index is -0.405. The summed E-state index contributed by atoms with van der Waals surface area (Å²) >= 11 is 0. The molecular weight excluding hydrogens is 324 g/mol. The van der Waals surface area contributed by atoms with Crippen molar-refractivity contribution < 1.29 is 14.6 Å². The number of methoxy groups -OCH3 is 2. The molecule has 2 fully saturated rings. The van der Waals surface area contributed by atoms with Gasteiger partial charge < -0.3 is 19.5 Å². The highest BCUT2D eigenvalue weighted by Gasteiger charge is 2.43. The van der Waals surface area contributed by atoms with Gasteiger partial charge in [-0.1, -0.05) is 0 Å². The van der Waals surface area contributed by atoms with Gasteiger partial charge in [-0.15, -0.1) is 0 Å². The lowest BCUT2D eigenvalue weighted by atomic mass is 9.77. The van der Waals surface area contributed by atoms with E-state index in [9.17, 15) is 5.11 Å². The summed E-state index contributed by atoms with van der Waals surface area (Å²) in [5.41, 5.74) is 0. The second-order valence-electron chi connectivity index (χ2n) is 6.66. The van der Waals surface area contributed by atoms with Gasteiger partial charge in [0.25, 0.3) is 0 Å². The Morgan fingerprint density at radius 3 is 2.60 bits per heavy atom. The fourth-order valence-electron chi connectivity index (χ4n) is 4.02. The van der Waals surface area contributed by atoms with Gasteiger partial charge in [0.1, 0.15) is 18.5 Å². The van der Waals surface area contributed by atoms with E-state index < -0.39 is 6.10 Å². The first-order chi connectivity index (χ1) is 12.2. The first-order valence-electron chi connectivity index (χ1n) is 8.42. The van der Waals surface area contributed by atoms with Crippen LogP contribution >= 0.6 is 0 Å². The maximum absolute atomic E-state index is 10.5. The summed E-state index contributed by atoms with van der Waals surface area (Å²) in [5.74, 6) is 2.19. The molecule has 25 heavy (non-hydrogen) atoms. The van der Waals surface area contributed by atoms with Crippen LogP contribution in [0.4, 0.5) is 5.82 Å². The van der Waals surface area contributed by atoms with E-state index in [0.717, 1.165) is 31.7 Å². The molecule has 1 saturated carbocycles. The van der Waals surface area contributed by atoms with Gasteiger partial charge in [-0.05, 0) is 24.7 Å². The van der Waals surface area contributed by atoms with Gasteiger partial charge in [-0.2, -0.15) is 15.1 Å². The van der Waals surface area contributed by atoms with E-state index in [1.165, 1.54) is 6.33 Å². The summed E-state index contributed by atoms with van der Waals surface area (Å²) < 4.78 is 12.2. The number of hydrogen-bond donors (Lipinski definition) is 1. The summed E-state index contributed by atoms with van der Waals surface area (Å²) in [4.78, 5) is 14.8. The van der Waals surface area contributed by atoms with Crippen molar-refractivity contribution >= 4 is 5.82 Å². The molecule has 1 saturated heterocycles. The number of aliphatic hydroxyl groups excluding tert-OH is 1. The Morgan fingerprint density at radius 2 is 1.92 bits per heavy atom. The number of ether oxygens (including phenoxy) is 2. The lowest BCUT2D eigenvalue weighted by molar-refractivity contribution is 0.0305. The zero-order chi connectivity index (χ0) is 17.4. The molecule has 9 nitrogen and oxygen atoms in total. The monoisotopic (exact) mass is 346 g/mol. The van der Waals surface area contributed by atoms with Gasteiger partial charge in [0.05, 0.1) is 26.4 Å². The molecule has 2 aromatic rings. The summed E-state index contributed by atoms with van der Waals surface area (Å²) in [6, 6.07) is 2.11. The highest BCUT2D eigenvalue weighted by molar-refractivity contribution is 5.44. The van der Waals surface area contributed by atoms with Crippen LogP contribution in [0, 0.1) is 11.8 Å². The van der Waals surface area contributed by atoms with Gasteiger partial charge in [0.15, 0.2) is 0 Å². The summed E-state index contributed by atoms with van der Waals surface area (Å²) in [6.07, 6.45) is 4.42. The summed E-state index contributed by atoms with van der Waals surface area (Å²) in [7, 11) is 3.12. The van der Waals surface area contributed by atoms with Crippen molar-refractivity contribution in [2.75, 3.05) is 32.2 Å². The zero-order valence-electron chi connectivity index (χ0n) is 14.3. The fraction of sp³-hybridized carbons (Fsp3) is 0.625. The van der Waals surface area contributed by atoms with Crippen LogP contribution in [0.15, 0.2) is 18.7 Å². The topological polar surface area (TPSA) is 98.4 Å². The SMILES string of the molecule is COc1cc(N2C[C@H]3C[C@@H](n4cncn4)[C@H](O)C[C@H]3C2)nc(OC)n1. The molecule has 2 aromatic heterocycles. The predicted octanol–water partition coefficient (Wildman–Crippen LogP) is 0.534. The molecule has 0 amide bonds. The molecule has 0 bridgehead atoms. The van der Waals surface area contributed by atoms with Crippen LogP contribution < -0.4 is 14.4 Å². The van der Waals surface area contributed by atoms with Gasteiger partial charge in [-0.25, -0.2) is 9.67 Å². The van der Waals surface area contributed by atoms with Gasteiger partial charge in [0, 0.05) is 19.2 Å². The molecule has 4 rings (SSSR count). The minimum absolute atomic E-state index is 0.0156. The second kappa shape index (κ2) is 6.47. The van der Waals surface area contributed by atoms with E-state index in [1.54, 1.807) is 25.2 Å². The molecule has 3 heterocycles. The smallest absolute Gasteiger partial charge is 0.321 e. The molecule has 1 N–H and O–H groups in total. The average molecular weight is 346 g/mol. The molecule has 134 valence electrons. The van der Waals surface area contributed by atoms with Crippen molar-refractivity contribution in [2.24, 2.45) is 11.8 Å². The maximum Gasteiger partial charge on any atom is 0.321 e. The summed E-state index contributed by atoms with van der Waals surface area (Å²) in [6.45, 7) is 1.74. The summed E-state index contributed by atoms with van der Waals surface area (Å²) in [5, 5.41) is 14.7. The van der Waals surface area contributed by atoms with Crippen LogP contribution in [-0.4, -0.2) is 63.3 Å². The highest BCUT2D eigenvalue weighted by atomic mass is 16.5. The van der Waals surface area contributed by atoms with E-state index in [-0.39, 0.29) is 6.04 Å². The van der Waals surface area contributed by atoms with Crippen LogP contribution in [0.5, 0.6) is 11.9 Å². The Morgan fingerprint density at radius 1 is 1.12 bits per heavy atom. The Hall–Kier alpha value is -2.42. The van der Waals surface area contributed by atoms with Crippen LogP contribution in [0.3, 0.4) is 0 Å². The van der Waals surface area contributed by atoms with Crippen molar-refractivity contribution in [3.05, 3.63) is 18.7 Å². The molecule has 0 aromatic carbocycles. The van der Waals surface area contributed by atoms with E-state index in [4.69, 9.17) is 9.47 Å². The van der Waals surface area contributed by atoms with Crippen molar-refractivity contribution in [1.82, 2.24) is 24.7 Å². The van der Waals surface area contributed by atoms with Gasteiger partial charge in [-0.3, -0.25) is 0 Å². The Labute approximate surface area is 145 Å². The predicted molar refractivity (Wildman–Crippen MR) is 88.6 cm³/mol. The molecule has 0 unspecified atom stereocenters. The number of nitrogens with zero attached hydrogens (tertiary/aromatic N) is 6. The molecule has 1 aliphatic carbocycles.